The first-order valence-electron chi connectivity index (χ1n) is 8.45. The maximum absolute atomic E-state index is 12.5. The van der Waals surface area contributed by atoms with E-state index >= 15 is 0 Å². The minimum atomic E-state index is -0.222. The fraction of sp³-hybridized carbons (Fsp3) is 0.444. The van der Waals surface area contributed by atoms with Gasteiger partial charge in [-0.15, -0.1) is 0 Å². The lowest BCUT2D eigenvalue weighted by molar-refractivity contribution is 0.0941. The molecular weight excluding hydrogens is 304 g/mol. The van der Waals surface area contributed by atoms with E-state index in [2.05, 4.69) is 15.7 Å². The number of benzene rings is 1. The van der Waals surface area contributed by atoms with E-state index in [1.165, 1.54) is 0 Å². The van der Waals surface area contributed by atoms with Gasteiger partial charge >= 0.3 is 0 Å². The number of hydrogen-bond acceptors (Lipinski definition) is 4. The van der Waals surface area contributed by atoms with Crippen molar-refractivity contribution in [1.82, 2.24) is 20.4 Å². The van der Waals surface area contributed by atoms with Crippen LogP contribution in [0, 0.1) is 0 Å². The minimum Gasteiger partial charge on any atom is -0.489 e. The Balaban J connectivity index is 2.16. The molecule has 2 N–H and O–H groups in total. The third-order valence-corrected chi connectivity index (χ3v) is 3.50. The van der Waals surface area contributed by atoms with Gasteiger partial charge in [-0.05, 0) is 32.0 Å². The Morgan fingerprint density at radius 1 is 1.29 bits per heavy atom. The Hall–Kier alpha value is -2.34. The summed E-state index contributed by atoms with van der Waals surface area (Å²) in [5.41, 5.74) is 1.20. The predicted molar refractivity (Wildman–Crippen MR) is 94.8 cm³/mol. The molecule has 0 aliphatic rings. The molecule has 1 amide bonds. The van der Waals surface area contributed by atoms with Gasteiger partial charge in [-0.1, -0.05) is 32.0 Å². The summed E-state index contributed by atoms with van der Waals surface area (Å²) in [6.07, 6.45) is 2.63. The Morgan fingerprint density at radius 2 is 2.04 bits per heavy atom. The zero-order valence-electron chi connectivity index (χ0n) is 14.6. The van der Waals surface area contributed by atoms with E-state index < -0.39 is 0 Å². The van der Waals surface area contributed by atoms with E-state index in [0.29, 0.717) is 24.6 Å². The predicted octanol–water partition coefficient (Wildman–Crippen LogP) is 2.39. The Kier molecular flexibility index (Phi) is 6.81. The highest BCUT2D eigenvalue weighted by molar-refractivity contribution is 5.95. The highest BCUT2D eigenvalue weighted by atomic mass is 16.5. The largest absolute Gasteiger partial charge is 0.489 e. The second kappa shape index (κ2) is 9.08. The molecule has 6 nitrogen and oxygen atoms in total. The number of carbonyl (C=O) groups is 1. The van der Waals surface area contributed by atoms with Crippen LogP contribution in [0.15, 0.2) is 36.5 Å². The van der Waals surface area contributed by atoms with Crippen LogP contribution in [0.4, 0.5) is 0 Å². The van der Waals surface area contributed by atoms with Crippen molar-refractivity contribution in [1.29, 1.82) is 0 Å². The third kappa shape index (κ3) is 4.83. The van der Waals surface area contributed by atoms with Crippen molar-refractivity contribution in [2.45, 2.75) is 33.2 Å². The van der Waals surface area contributed by atoms with Crippen LogP contribution in [-0.4, -0.2) is 41.4 Å². The Bertz CT molecular complexity index is 640. The van der Waals surface area contributed by atoms with Gasteiger partial charge in [0.15, 0.2) is 11.4 Å². The second-order valence-electron chi connectivity index (χ2n) is 5.64. The quantitative estimate of drug-likeness (QED) is 0.741. The van der Waals surface area contributed by atoms with E-state index in [9.17, 15) is 4.79 Å². The van der Waals surface area contributed by atoms with Crippen molar-refractivity contribution in [2.24, 2.45) is 0 Å². The zero-order valence-corrected chi connectivity index (χ0v) is 14.6. The molecule has 0 unspecified atom stereocenters. The summed E-state index contributed by atoms with van der Waals surface area (Å²) in [5, 5.41) is 10.6. The Labute approximate surface area is 143 Å². The molecule has 0 aliphatic heterocycles. The number of para-hydroxylation sites is 1. The van der Waals surface area contributed by atoms with Gasteiger partial charge in [-0.2, -0.15) is 5.10 Å². The number of carbonyl (C=O) groups excluding carboxylic acids is 1. The molecule has 0 aliphatic carbocycles. The first kappa shape index (κ1) is 18.0. The number of amides is 1. The van der Waals surface area contributed by atoms with Crippen LogP contribution in [0.2, 0.25) is 0 Å². The molecule has 0 bridgehead atoms. The summed E-state index contributed by atoms with van der Waals surface area (Å²) in [5.74, 6) is 0.287. The van der Waals surface area contributed by atoms with Crippen LogP contribution in [0.1, 0.15) is 37.7 Å². The molecule has 0 fully saturated rings. The van der Waals surface area contributed by atoms with Gasteiger partial charge in [-0.3, -0.25) is 4.79 Å². The number of ether oxygens (including phenoxy) is 1. The van der Waals surface area contributed by atoms with E-state index in [1.54, 1.807) is 10.9 Å². The van der Waals surface area contributed by atoms with Crippen molar-refractivity contribution in [3.8, 4) is 11.4 Å². The lowest BCUT2D eigenvalue weighted by Crippen LogP contribution is -2.39. The van der Waals surface area contributed by atoms with Gasteiger partial charge in [0, 0.05) is 12.6 Å². The molecule has 130 valence electrons. The van der Waals surface area contributed by atoms with Gasteiger partial charge in [-0.25, -0.2) is 4.68 Å². The molecule has 2 rings (SSSR count). The molecule has 1 atom stereocenters. The van der Waals surface area contributed by atoms with Crippen molar-refractivity contribution in [3.63, 3.8) is 0 Å². The maximum atomic E-state index is 12.5. The van der Waals surface area contributed by atoms with Crippen molar-refractivity contribution < 1.29 is 9.53 Å². The first-order valence-corrected chi connectivity index (χ1v) is 8.45. The topological polar surface area (TPSA) is 68.2 Å². The summed E-state index contributed by atoms with van der Waals surface area (Å²) in [6.45, 7) is 8.05. The molecule has 1 heterocycles. The molecule has 6 heteroatoms. The van der Waals surface area contributed by atoms with Crippen LogP contribution in [-0.2, 0) is 0 Å². The SMILES string of the molecule is CCCOc1cn(-c2ccccc2)nc1C(=O)NC[C@@H](C)NCC. The van der Waals surface area contributed by atoms with Crippen LogP contribution in [0.25, 0.3) is 5.69 Å². The number of likely N-dealkylation sites (N-methyl/N-ethyl adjacent to an activating group) is 1. The summed E-state index contributed by atoms with van der Waals surface area (Å²) < 4.78 is 7.38. The fourth-order valence-electron chi connectivity index (χ4n) is 2.30. The monoisotopic (exact) mass is 330 g/mol. The van der Waals surface area contributed by atoms with Crippen LogP contribution >= 0.6 is 0 Å². The van der Waals surface area contributed by atoms with E-state index in [-0.39, 0.29) is 11.9 Å². The van der Waals surface area contributed by atoms with Crippen LogP contribution in [0.3, 0.4) is 0 Å². The molecule has 0 spiro atoms. The van der Waals surface area contributed by atoms with Gasteiger partial charge in [0.25, 0.3) is 5.91 Å². The van der Waals surface area contributed by atoms with Crippen molar-refractivity contribution >= 4 is 5.91 Å². The molecule has 2 aromatic rings. The van der Waals surface area contributed by atoms with Gasteiger partial charge in [0.05, 0.1) is 18.5 Å². The lowest BCUT2D eigenvalue weighted by Gasteiger charge is -2.12. The van der Waals surface area contributed by atoms with Crippen molar-refractivity contribution in [2.75, 3.05) is 19.7 Å². The average molecular weight is 330 g/mol. The van der Waals surface area contributed by atoms with Gasteiger partial charge in [0.2, 0.25) is 0 Å². The second-order valence-corrected chi connectivity index (χ2v) is 5.64. The summed E-state index contributed by atoms with van der Waals surface area (Å²) in [7, 11) is 0. The molecular formula is C18H26N4O2. The third-order valence-electron chi connectivity index (χ3n) is 3.50. The van der Waals surface area contributed by atoms with E-state index in [4.69, 9.17) is 4.74 Å². The Morgan fingerprint density at radius 3 is 2.71 bits per heavy atom. The summed E-state index contributed by atoms with van der Waals surface area (Å²) in [6, 6.07) is 9.88. The highest BCUT2D eigenvalue weighted by Gasteiger charge is 2.19. The zero-order chi connectivity index (χ0) is 17.4. The van der Waals surface area contributed by atoms with E-state index in [0.717, 1.165) is 18.7 Å². The maximum Gasteiger partial charge on any atom is 0.275 e. The van der Waals surface area contributed by atoms with Crippen LogP contribution in [0.5, 0.6) is 5.75 Å². The number of nitrogens with one attached hydrogen (secondary N) is 2. The number of hydrogen-bond donors (Lipinski definition) is 2. The number of aromatic nitrogens is 2. The molecule has 0 saturated carbocycles. The summed E-state index contributed by atoms with van der Waals surface area (Å²) in [4.78, 5) is 12.5. The lowest BCUT2D eigenvalue weighted by atomic mass is 10.3. The standard InChI is InChI=1S/C18H26N4O2/c1-4-11-24-16-13-22(15-9-7-6-8-10-15)21-17(16)18(23)20-12-14(3)19-5-2/h6-10,13-14,19H,4-5,11-12H2,1-3H3,(H,20,23)/t14-/m1/s1. The minimum absolute atomic E-state index is 0.204. The van der Waals surface area contributed by atoms with Crippen molar-refractivity contribution in [3.05, 3.63) is 42.2 Å². The number of nitrogens with zero attached hydrogens (tertiary/aromatic N) is 2. The first-order chi connectivity index (χ1) is 11.7. The highest BCUT2D eigenvalue weighted by Crippen LogP contribution is 2.20. The number of rotatable bonds is 9. The summed E-state index contributed by atoms with van der Waals surface area (Å²) >= 11 is 0. The van der Waals surface area contributed by atoms with Gasteiger partial charge < -0.3 is 15.4 Å². The molecule has 1 aromatic heterocycles. The average Bonchev–Trinajstić information content (AvgIpc) is 3.03. The molecule has 1 aromatic carbocycles. The normalized spacial score (nSPS) is 12.0. The van der Waals surface area contributed by atoms with E-state index in [1.807, 2.05) is 51.1 Å². The molecule has 24 heavy (non-hydrogen) atoms. The smallest absolute Gasteiger partial charge is 0.275 e. The fourth-order valence-corrected chi connectivity index (χ4v) is 2.30. The molecule has 0 radical (unpaired) electrons. The van der Waals surface area contributed by atoms with Crippen LogP contribution < -0.4 is 15.4 Å². The molecule has 0 saturated heterocycles. The van der Waals surface area contributed by atoms with Gasteiger partial charge in [0.1, 0.15) is 0 Å².